The largest absolute Gasteiger partial charge is 0.489 e. The van der Waals surface area contributed by atoms with Gasteiger partial charge in [-0.2, -0.15) is 0 Å². The zero-order valence-corrected chi connectivity index (χ0v) is 18.8. The molecule has 32 heavy (non-hydrogen) atoms. The van der Waals surface area contributed by atoms with Crippen molar-refractivity contribution in [2.45, 2.75) is 44.9 Å². The van der Waals surface area contributed by atoms with Crippen LogP contribution in [0.1, 0.15) is 46.8 Å². The molecule has 4 nitrogen and oxygen atoms in total. The van der Waals surface area contributed by atoms with Gasteiger partial charge in [0.2, 0.25) is 0 Å². The van der Waals surface area contributed by atoms with E-state index in [1.54, 1.807) is 0 Å². The van der Waals surface area contributed by atoms with Crippen molar-refractivity contribution in [3.8, 4) is 5.75 Å². The number of likely N-dealkylation sites (tertiary alicyclic amines) is 1. The van der Waals surface area contributed by atoms with E-state index in [9.17, 15) is 9.90 Å². The maximum Gasteiger partial charge on any atom is 0.179 e. The van der Waals surface area contributed by atoms with Gasteiger partial charge in [-0.15, -0.1) is 0 Å². The Labute approximate surface area is 190 Å². The second-order valence-corrected chi connectivity index (χ2v) is 8.73. The monoisotopic (exact) mass is 429 g/mol. The number of ketones is 1. The van der Waals surface area contributed by atoms with E-state index < -0.39 is 5.60 Å². The maximum absolute atomic E-state index is 13.2. The highest BCUT2D eigenvalue weighted by Crippen LogP contribution is 2.33. The number of aryl methyl sites for hydroxylation is 1. The Morgan fingerprint density at radius 1 is 1.00 bits per heavy atom. The molecule has 1 unspecified atom stereocenters. The number of carbonyl (C=O) groups excluding carboxylic acids is 1. The Kier molecular flexibility index (Phi) is 6.73. The standard InChI is InChI=1S/C28H31NO3/c1-21-19-24(13-14-26(21)32-20-23-9-5-3-6-10-23)27(30)22(2)29-17-15-28(31,16-18-29)25-11-7-4-8-12-25/h3-14,19,22,31H,15-18,20H2,1-2H3. The molecule has 4 heteroatoms. The molecule has 3 aromatic rings. The summed E-state index contributed by atoms with van der Waals surface area (Å²) in [5.74, 6) is 0.900. The number of piperidine rings is 1. The topological polar surface area (TPSA) is 49.8 Å². The van der Waals surface area contributed by atoms with E-state index in [4.69, 9.17) is 4.74 Å². The first kappa shape index (κ1) is 22.3. The summed E-state index contributed by atoms with van der Waals surface area (Å²) in [5.41, 5.74) is 2.91. The molecular formula is C28H31NO3. The van der Waals surface area contributed by atoms with Crippen LogP contribution in [0.2, 0.25) is 0 Å². The summed E-state index contributed by atoms with van der Waals surface area (Å²) in [5, 5.41) is 11.1. The molecule has 1 aliphatic heterocycles. The van der Waals surface area contributed by atoms with Crippen molar-refractivity contribution in [2.24, 2.45) is 0 Å². The van der Waals surface area contributed by atoms with Crippen LogP contribution in [0.4, 0.5) is 0 Å². The van der Waals surface area contributed by atoms with Gasteiger partial charge in [0.05, 0.1) is 11.6 Å². The second kappa shape index (κ2) is 9.68. The molecule has 0 aliphatic carbocycles. The number of hydrogen-bond acceptors (Lipinski definition) is 4. The average Bonchev–Trinajstić information content (AvgIpc) is 2.84. The van der Waals surface area contributed by atoms with E-state index in [2.05, 4.69) is 4.90 Å². The third kappa shape index (κ3) is 4.93. The minimum Gasteiger partial charge on any atom is -0.489 e. The van der Waals surface area contributed by atoms with Crippen LogP contribution >= 0.6 is 0 Å². The van der Waals surface area contributed by atoms with Gasteiger partial charge in [-0.05, 0) is 61.6 Å². The Hall–Kier alpha value is -2.95. The Balaban J connectivity index is 1.37. The molecule has 0 spiro atoms. The van der Waals surface area contributed by atoms with Crippen molar-refractivity contribution < 1.29 is 14.6 Å². The third-order valence-electron chi connectivity index (χ3n) is 6.56. The fourth-order valence-electron chi connectivity index (χ4n) is 4.43. The zero-order chi connectivity index (χ0) is 22.6. The molecule has 3 aromatic carbocycles. The van der Waals surface area contributed by atoms with Crippen molar-refractivity contribution in [2.75, 3.05) is 13.1 Å². The maximum atomic E-state index is 13.2. The van der Waals surface area contributed by atoms with E-state index in [-0.39, 0.29) is 11.8 Å². The molecule has 1 saturated heterocycles. The van der Waals surface area contributed by atoms with Crippen molar-refractivity contribution >= 4 is 5.78 Å². The Morgan fingerprint density at radius 2 is 1.62 bits per heavy atom. The smallest absolute Gasteiger partial charge is 0.179 e. The molecule has 1 atom stereocenters. The lowest BCUT2D eigenvalue weighted by Crippen LogP contribution is -2.48. The van der Waals surface area contributed by atoms with Crippen LogP contribution in [0, 0.1) is 6.92 Å². The van der Waals surface area contributed by atoms with E-state index in [1.807, 2.05) is 92.7 Å². The lowest BCUT2D eigenvalue weighted by Gasteiger charge is -2.40. The molecule has 1 fully saturated rings. The summed E-state index contributed by atoms with van der Waals surface area (Å²) in [6, 6.07) is 25.3. The van der Waals surface area contributed by atoms with Crippen molar-refractivity contribution in [1.82, 2.24) is 4.90 Å². The van der Waals surface area contributed by atoms with Crippen LogP contribution < -0.4 is 4.74 Å². The summed E-state index contributed by atoms with van der Waals surface area (Å²) < 4.78 is 5.95. The number of carbonyl (C=O) groups is 1. The third-order valence-corrected chi connectivity index (χ3v) is 6.56. The van der Waals surface area contributed by atoms with Crippen LogP contribution in [0.25, 0.3) is 0 Å². The van der Waals surface area contributed by atoms with Gasteiger partial charge in [0.1, 0.15) is 12.4 Å². The highest BCUT2D eigenvalue weighted by Gasteiger charge is 2.36. The summed E-state index contributed by atoms with van der Waals surface area (Å²) in [6.07, 6.45) is 1.25. The lowest BCUT2D eigenvalue weighted by atomic mass is 9.84. The highest BCUT2D eigenvalue weighted by molar-refractivity contribution is 6.00. The molecule has 0 amide bonds. The summed E-state index contributed by atoms with van der Waals surface area (Å²) in [4.78, 5) is 15.3. The van der Waals surface area contributed by atoms with Gasteiger partial charge >= 0.3 is 0 Å². The minimum absolute atomic E-state index is 0.105. The molecule has 4 rings (SSSR count). The van der Waals surface area contributed by atoms with Crippen molar-refractivity contribution in [3.05, 3.63) is 101 Å². The van der Waals surface area contributed by atoms with Crippen LogP contribution in [0.3, 0.4) is 0 Å². The minimum atomic E-state index is -0.811. The van der Waals surface area contributed by atoms with Gasteiger partial charge in [-0.25, -0.2) is 0 Å². The van der Waals surface area contributed by atoms with E-state index in [1.165, 1.54) is 0 Å². The van der Waals surface area contributed by atoms with Gasteiger partial charge in [0, 0.05) is 18.7 Å². The van der Waals surface area contributed by atoms with E-state index in [0.29, 0.717) is 38.1 Å². The van der Waals surface area contributed by atoms with Crippen LogP contribution in [0.5, 0.6) is 5.75 Å². The van der Waals surface area contributed by atoms with Gasteiger partial charge in [0.15, 0.2) is 5.78 Å². The van der Waals surface area contributed by atoms with Gasteiger partial charge in [-0.3, -0.25) is 9.69 Å². The first-order valence-corrected chi connectivity index (χ1v) is 11.3. The zero-order valence-electron chi connectivity index (χ0n) is 18.8. The SMILES string of the molecule is Cc1cc(C(=O)C(C)N2CCC(O)(c3ccccc3)CC2)ccc1OCc1ccccc1. The van der Waals surface area contributed by atoms with Gasteiger partial charge in [-0.1, -0.05) is 60.7 Å². The summed E-state index contributed by atoms with van der Waals surface area (Å²) in [6.45, 7) is 5.82. The molecule has 166 valence electrons. The molecule has 0 aromatic heterocycles. The van der Waals surface area contributed by atoms with Crippen LogP contribution in [0.15, 0.2) is 78.9 Å². The van der Waals surface area contributed by atoms with E-state index >= 15 is 0 Å². The first-order valence-electron chi connectivity index (χ1n) is 11.3. The second-order valence-electron chi connectivity index (χ2n) is 8.73. The lowest BCUT2D eigenvalue weighted by molar-refractivity contribution is -0.0318. The molecule has 0 radical (unpaired) electrons. The number of rotatable bonds is 7. The highest BCUT2D eigenvalue weighted by atomic mass is 16.5. The van der Waals surface area contributed by atoms with E-state index in [0.717, 1.165) is 22.4 Å². The van der Waals surface area contributed by atoms with Crippen LogP contribution in [-0.4, -0.2) is 34.9 Å². The van der Waals surface area contributed by atoms with Crippen LogP contribution in [-0.2, 0) is 12.2 Å². The van der Waals surface area contributed by atoms with Crippen molar-refractivity contribution in [3.63, 3.8) is 0 Å². The number of ether oxygens (including phenoxy) is 1. The molecule has 1 N–H and O–H groups in total. The Morgan fingerprint density at radius 3 is 2.25 bits per heavy atom. The Bertz CT molecular complexity index is 1040. The average molecular weight is 430 g/mol. The molecule has 1 aliphatic rings. The summed E-state index contributed by atoms with van der Waals surface area (Å²) >= 11 is 0. The van der Waals surface area contributed by atoms with Crippen molar-refractivity contribution in [1.29, 1.82) is 0 Å². The normalized spacial score (nSPS) is 17.0. The quantitative estimate of drug-likeness (QED) is 0.529. The number of benzene rings is 3. The number of Topliss-reactive ketones (excluding diaryl/α,β-unsaturated/α-hetero) is 1. The predicted octanol–water partition coefficient (Wildman–Crippen LogP) is 5.13. The number of hydrogen-bond donors (Lipinski definition) is 1. The van der Waals surface area contributed by atoms with Gasteiger partial charge < -0.3 is 9.84 Å². The fraction of sp³-hybridized carbons (Fsp3) is 0.321. The summed E-state index contributed by atoms with van der Waals surface area (Å²) in [7, 11) is 0. The molecular weight excluding hydrogens is 398 g/mol. The van der Waals surface area contributed by atoms with Gasteiger partial charge in [0.25, 0.3) is 0 Å². The first-order chi connectivity index (χ1) is 15.5. The molecule has 0 saturated carbocycles. The number of aliphatic hydroxyl groups is 1. The molecule has 1 heterocycles. The fourth-order valence-corrected chi connectivity index (χ4v) is 4.43. The predicted molar refractivity (Wildman–Crippen MR) is 127 cm³/mol. The number of nitrogens with zero attached hydrogens (tertiary/aromatic N) is 1. The molecule has 0 bridgehead atoms.